The summed E-state index contributed by atoms with van der Waals surface area (Å²) in [5, 5.41) is 3.47. The second-order valence-electron chi connectivity index (χ2n) is 8.58. The average molecular weight is 507 g/mol. The molecular formula is C26H32ClFN2O3S. The summed E-state index contributed by atoms with van der Waals surface area (Å²) in [5.41, 5.74) is 1.28. The molecule has 3 rings (SSSR count). The predicted octanol–water partition coefficient (Wildman–Crippen LogP) is 5.59. The van der Waals surface area contributed by atoms with Crippen LogP contribution in [-0.4, -0.2) is 41.7 Å². The van der Waals surface area contributed by atoms with E-state index in [1.165, 1.54) is 24.2 Å². The Morgan fingerprint density at radius 2 is 1.88 bits per heavy atom. The zero-order valence-electron chi connectivity index (χ0n) is 19.7. The quantitative estimate of drug-likeness (QED) is 0.456. The molecule has 184 valence electrons. The minimum atomic E-state index is -0.630. The van der Waals surface area contributed by atoms with Crippen LogP contribution in [0.5, 0.6) is 5.75 Å². The van der Waals surface area contributed by atoms with Gasteiger partial charge in [0.15, 0.2) is 0 Å². The maximum atomic E-state index is 14.1. The van der Waals surface area contributed by atoms with Crippen LogP contribution in [0.4, 0.5) is 4.39 Å². The van der Waals surface area contributed by atoms with Crippen molar-refractivity contribution >= 4 is 35.2 Å². The highest BCUT2D eigenvalue weighted by Gasteiger charge is 2.28. The summed E-state index contributed by atoms with van der Waals surface area (Å²) >= 11 is 7.40. The van der Waals surface area contributed by atoms with E-state index in [1.54, 1.807) is 31.1 Å². The monoisotopic (exact) mass is 506 g/mol. The van der Waals surface area contributed by atoms with Crippen LogP contribution in [0.15, 0.2) is 42.5 Å². The van der Waals surface area contributed by atoms with Crippen LogP contribution in [0.2, 0.25) is 5.02 Å². The van der Waals surface area contributed by atoms with E-state index in [0.29, 0.717) is 17.1 Å². The number of nitrogens with one attached hydrogen (secondary N) is 1. The molecule has 0 radical (unpaired) electrons. The summed E-state index contributed by atoms with van der Waals surface area (Å²) in [5.74, 6) is 0.401. The van der Waals surface area contributed by atoms with Gasteiger partial charge in [-0.1, -0.05) is 49.1 Å². The van der Waals surface area contributed by atoms with E-state index >= 15 is 0 Å². The van der Waals surface area contributed by atoms with Crippen molar-refractivity contribution in [2.45, 2.75) is 63.4 Å². The molecule has 0 heterocycles. The SMILES string of the molecule is COc1ccc(CN(C(=O)CSCc2c(F)cccc2Cl)[C@H](C)C(=O)NC2CCCCC2)cc1. The Morgan fingerprint density at radius 1 is 1.18 bits per heavy atom. The van der Waals surface area contributed by atoms with Gasteiger partial charge in [0, 0.05) is 28.9 Å². The number of hydrogen-bond acceptors (Lipinski definition) is 4. The van der Waals surface area contributed by atoms with Crippen LogP contribution in [0.1, 0.15) is 50.2 Å². The van der Waals surface area contributed by atoms with Gasteiger partial charge in [-0.2, -0.15) is 0 Å². The van der Waals surface area contributed by atoms with Crippen molar-refractivity contribution in [3.8, 4) is 5.75 Å². The highest BCUT2D eigenvalue weighted by Crippen LogP contribution is 2.25. The van der Waals surface area contributed by atoms with Crippen molar-refractivity contribution in [3.63, 3.8) is 0 Å². The number of carbonyl (C=O) groups excluding carboxylic acids is 2. The van der Waals surface area contributed by atoms with Crippen LogP contribution < -0.4 is 10.1 Å². The summed E-state index contributed by atoms with van der Waals surface area (Å²) in [7, 11) is 1.60. The van der Waals surface area contributed by atoms with Crippen molar-refractivity contribution in [2.75, 3.05) is 12.9 Å². The summed E-state index contributed by atoms with van der Waals surface area (Å²) in [6, 6.07) is 11.5. The zero-order chi connectivity index (χ0) is 24.5. The van der Waals surface area contributed by atoms with Gasteiger partial charge >= 0.3 is 0 Å². The van der Waals surface area contributed by atoms with Gasteiger partial charge in [0.2, 0.25) is 11.8 Å². The number of ether oxygens (including phenoxy) is 1. The highest BCUT2D eigenvalue weighted by molar-refractivity contribution is 7.99. The lowest BCUT2D eigenvalue weighted by molar-refractivity contribution is -0.139. The molecular weight excluding hydrogens is 475 g/mol. The highest BCUT2D eigenvalue weighted by atomic mass is 35.5. The molecule has 34 heavy (non-hydrogen) atoms. The molecule has 1 N–H and O–H groups in total. The Morgan fingerprint density at radius 3 is 2.53 bits per heavy atom. The predicted molar refractivity (Wildman–Crippen MR) is 136 cm³/mol. The van der Waals surface area contributed by atoms with E-state index in [2.05, 4.69) is 5.32 Å². The van der Waals surface area contributed by atoms with E-state index in [9.17, 15) is 14.0 Å². The van der Waals surface area contributed by atoms with Crippen molar-refractivity contribution in [1.29, 1.82) is 0 Å². The van der Waals surface area contributed by atoms with Crippen molar-refractivity contribution in [3.05, 3.63) is 64.4 Å². The molecule has 0 unspecified atom stereocenters. The van der Waals surface area contributed by atoms with Gasteiger partial charge in [0.05, 0.1) is 12.9 Å². The molecule has 2 amide bonds. The first kappa shape index (κ1) is 26.4. The molecule has 1 aliphatic rings. The summed E-state index contributed by atoms with van der Waals surface area (Å²) in [4.78, 5) is 27.9. The Hall–Kier alpha value is -2.25. The van der Waals surface area contributed by atoms with E-state index in [4.69, 9.17) is 16.3 Å². The first-order valence-corrected chi connectivity index (χ1v) is 13.2. The largest absolute Gasteiger partial charge is 0.497 e. The van der Waals surface area contributed by atoms with Crippen LogP contribution in [0.3, 0.4) is 0 Å². The number of carbonyl (C=O) groups is 2. The molecule has 8 heteroatoms. The third-order valence-electron chi connectivity index (χ3n) is 6.16. The van der Waals surface area contributed by atoms with E-state index in [0.717, 1.165) is 37.0 Å². The van der Waals surface area contributed by atoms with E-state index < -0.39 is 6.04 Å². The molecule has 1 fully saturated rings. The minimum Gasteiger partial charge on any atom is -0.497 e. The van der Waals surface area contributed by atoms with Gasteiger partial charge in [-0.25, -0.2) is 4.39 Å². The molecule has 0 bridgehead atoms. The Balaban J connectivity index is 1.68. The summed E-state index contributed by atoms with van der Waals surface area (Å²) < 4.78 is 19.3. The number of rotatable bonds is 10. The summed E-state index contributed by atoms with van der Waals surface area (Å²) in [6.07, 6.45) is 5.38. The van der Waals surface area contributed by atoms with E-state index in [1.807, 2.05) is 24.3 Å². The average Bonchev–Trinajstić information content (AvgIpc) is 2.84. The molecule has 0 aromatic heterocycles. The van der Waals surface area contributed by atoms with Crippen molar-refractivity contribution in [1.82, 2.24) is 10.2 Å². The Kier molecular flexibility index (Phi) is 10.1. The van der Waals surface area contributed by atoms with Crippen LogP contribution in [0, 0.1) is 5.82 Å². The fraction of sp³-hybridized carbons (Fsp3) is 0.462. The van der Waals surface area contributed by atoms with Crippen LogP contribution in [-0.2, 0) is 21.9 Å². The number of halogens is 2. The zero-order valence-corrected chi connectivity index (χ0v) is 21.3. The molecule has 0 saturated heterocycles. The Bertz CT molecular complexity index is 947. The smallest absolute Gasteiger partial charge is 0.242 e. The van der Waals surface area contributed by atoms with Crippen LogP contribution >= 0.6 is 23.4 Å². The van der Waals surface area contributed by atoms with Gasteiger partial charge in [-0.15, -0.1) is 11.8 Å². The maximum absolute atomic E-state index is 14.1. The van der Waals surface area contributed by atoms with Gasteiger partial charge < -0.3 is 15.0 Å². The lowest BCUT2D eigenvalue weighted by Crippen LogP contribution is -2.50. The van der Waals surface area contributed by atoms with Gasteiger partial charge in [0.1, 0.15) is 17.6 Å². The Labute approximate surface area is 210 Å². The van der Waals surface area contributed by atoms with Crippen molar-refractivity contribution in [2.24, 2.45) is 0 Å². The number of methoxy groups -OCH3 is 1. The second-order valence-corrected chi connectivity index (χ2v) is 9.98. The molecule has 1 atom stereocenters. The third-order valence-corrected chi connectivity index (χ3v) is 7.46. The van der Waals surface area contributed by atoms with E-state index in [-0.39, 0.29) is 35.2 Å². The normalized spacial score (nSPS) is 14.9. The first-order chi connectivity index (χ1) is 16.4. The number of thioether (sulfide) groups is 1. The molecule has 0 spiro atoms. The first-order valence-electron chi connectivity index (χ1n) is 11.6. The summed E-state index contributed by atoms with van der Waals surface area (Å²) in [6.45, 7) is 2.06. The lowest BCUT2D eigenvalue weighted by atomic mass is 9.95. The minimum absolute atomic E-state index is 0.113. The standard InChI is InChI=1S/C26H32ClFN2O3S/c1-18(26(32)29-20-7-4-3-5-8-20)30(15-19-11-13-21(33-2)14-12-19)25(31)17-34-16-22-23(27)9-6-10-24(22)28/h6,9-14,18,20H,3-5,7-8,15-17H2,1-2H3,(H,29,32)/t18-/m1/s1. The van der Waals surface area contributed by atoms with Crippen LogP contribution in [0.25, 0.3) is 0 Å². The maximum Gasteiger partial charge on any atom is 0.242 e. The molecule has 5 nitrogen and oxygen atoms in total. The number of hydrogen-bond donors (Lipinski definition) is 1. The number of amides is 2. The molecule has 1 aliphatic carbocycles. The topological polar surface area (TPSA) is 58.6 Å². The van der Waals surface area contributed by atoms with Gasteiger partial charge in [0.25, 0.3) is 0 Å². The molecule has 0 aliphatic heterocycles. The molecule has 1 saturated carbocycles. The van der Waals surface area contributed by atoms with Crippen molar-refractivity contribution < 1.29 is 18.7 Å². The second kappa shape index (κ2) is 13.0. The van der Waals surface area contributed by atoms with Gasteiger partial charge in [-0.05, 0) is 49.6 Å². The number of benzene rings is 2. The fourth-order valence-electron chi connectivity index (χ4n) is 4.07. The molecule has 2 aromatic rings. The molecule has 2 aromatic carbocycles. The third kappa shape index (κ3) is 7.37. The lowest BCUT2D eigenvalue weighted by Gasteiger charge is -2.31. The van der Waals surface area contributed by atoms with Gasteiger partial charge in [-0.3, -0.25) is 9.59 Å². The fourth-order valence-corrected chi connectivity index (χ4v) is 5.32. The number of nitrogens with zero attached hydrogens (tertiary/aromatic N) is 1.